The third-order valence-corrected chi connectivity index (χ3v) is 6.76. The lowest BCUT2D eigenvalue weighted by Gasteiger charge is -2.30. The van der Waals surface area contributed by atoms with Gasteiger partial charge in [0.1, 0.15) is 5.75 Å². The minimum atomic E-state index is -0.281. The van der Waals surface area contributed by atoms with Gasteiger partial charge in [-0.1, -0.05) is 30.3 Å². The molecule has 2 aliphatic rings. The molecule has 0 spiro atoms. The molecular weight excluding hydrogens is 452 g/mol. The molecular formula is C30H32N2O4. The lowest BCUT2D eigenvalue weighted by atomic mass is 9.78. The molecule has 6 nitrogen and oxygen atoms in total. The number of carbonyl (C=O) groups is 1. The van der Waals surface area contributed by atoms with Gasteiger partial charge >= 0.3 is 0 Å². The summed E-state index contributed by atoms with van der Waals surface area (Å²) in [5.41, 5.74) is 5.70. The first-order valence-corrected chi connectivity index (χ1v) is 12.3. The highest BCUT2D eigenvalue weighted by atomic mass is 16.5. The summed E-state index contributed by atoms with van der Waals surface area (Å²) in [7, 11) is 3.30. The van der Waals surface area contributed by atoms with Crippen molar-refractivity contribution in [1.82, 2.24) is 0 Å². The van der Waals surface area contributed by atoms with Gasteiger partial charge < -0.3 is 24.8 Å². The van der Waals surface area contributed by atoms with Gasteiger partial charge in [0.25, 0.3) is 0 Å². The average Bonchev–Trinajstić information content (AvgIpc) is 3.05. The molecule has 0 bridgehead atoms. The summed E-state index contributed by atoms with van der Waals surface area (Å²) < 4.78 is 17.0. The van der Waals surface area contributed by atoms with Crippen molar-refractivity contribution in [2.45, 2.75) is 44.8 Å². The zero-order valence-electron chi connectivity index (χ0n) is 21.1. The van der Waals surface area contributed by atoms with E-state index >= 15 is 0 Å². The van der Waals surface area contributed by atoms with Gasteiger partial charge in [-0.3, -0.25) is 4.79 Å². The first kappa shape index (κ1) is 23.8. The van der Waals surface area contributed by atoms with E-state index in [1.807, 2.05) is 80.6 Å². The summed E-state index contributed by atoms with van der Waals surface area (Å²) in [5.74, 6) is 2.31. The largest absolute Gasteiger partial charge is 0.497 e. The minimum absolute atomic E-state index is 0.0296. The molecule has 6 heteroatoms. The van der Waals surface area contributed by atoms with Crippen molar-refractivity contribution in [2.75, 3.05) is 24.9 Å². The Morgan fingerprint density at radius 1 is 0.833 bits per heavy atom. The smallest absolute Gasteiger partial charge is 0.163 e. The summed E-state index contributed by atoms with van der Waals surface area (Å²) in [6.07, 6.45) is 1.18. The fourth-order valence-corrected chi connectivity index (χ4v) is 5.09. The van der Waals surface area contributed by atoms with Crippen LogP contribution in [0, 0.1) is 0 Å². The number of benzene rings is 3. The Labute approximate surface area is 212 Å². The van der Waals surface area contributed by atoms with Crippen LogP contribution in [-0.4, -0.2) is 26.1 Å². The van der Waals surface area contributed by atoms with Crippen molar-refractivity contribution >= 4 is 17.2 Å². The molecule has 0 saturated heterocycles. The first-order chi connectivity index (χ1) is 17.5. The van der Waals surface area contributed by atoms with Crippen LogP contribution in [0.1, 0.15) is 49.8 Å². The monoisotopic (exact) mass is 484 g/mol. The van der Waals surface area contributed by atoms with Gasteiger partial charge in [-0.25, -0.2) is 0 Å². The molecule has 0 amide bonds. The van der Waals surface area contributed by atoms with E-state index in [1.54, 1.807) is 14.2 Å². The van der Waals surface area contributed by atoms with Crippen molar-refractivity contribution in [3.63, 3.8) is 0 Å². The number of ketones is 1. The van der Waals surface area contributed by atoms with Gasteiger partial charge in [-0.2, -0.15) is 0 Å². The van der Waals surface area contributed by atoms with Crippen LogP contribution in [0.5, 0.6) is 17.2 Å². The SMILES string of the molecule is COc1cccc(C2Nc3ccccc3NC3=C2C(=O)CC(c2ccc(OC(C)C)c(OC)c2)C3)c1. The van der Waals surface area contributed by atoms with Crippen LogP contribution in [-0.2, 0) is 4.79 Å². The van der Waals surface area contributed by atoms with E-state index in [1.165, 1.54) is 0 Å². The van der Waals surface area contributed by atoms with Crippen LogP contribution in [0.25, 0.3) is 0 Å². The maximum absolute atomic E-state index is 13.8. The van der Waals surface area contributed by atoms with Crippen LogP contribution >= 0.6 is 0 Å². The fourth-order valence-electron chi connectivity index (χ4n) is 5.09. The Morgan fingerprint density at radius 2 is 1.64 bits per heavy atom. The highest BCUT2D eigenvalue weighted by Crippen LogP contribution is 2.45. The van der Waals surface area contributed by atoms with Gasteiger partial charge in [0, 0.05) is 17.7 Å². The Bertz CT molecular complexity index is 1310. The molecule has 3 aromatic carbocycles. The molecule has 0 radical (unpaired) electrons. The second kappa shape index (κ2) is 9.97. The molecule has 186 valence electrons. The third-order valence-electron chi connectivity index (χ3n) is 6.76. The molecule has 1 aliphatic carbocycles. The number of methoxy groups -OCH3 is 2. The van der Waals surface area contributed by atoms with Crippen LogP contribution < -0.4 is 24.8 Å². The number of carbonyl (C=O) groups excluding carboxylic acids is 1. The Morgan fingerprint density at radius 3 is 2.39 bits per heavy atom. The number of Topliss-reactive ketones (excluding diaryl/α,β-unsaturated/α-hetero) is 1. The second-order valence-electron chi connectivity index (χ2n) is 9.52. The molecule has 1 aliphatic heterocycles. The summed E-state index contributed by atoms with van der Waals surface area (Å²) in [6, 6.07) is 21.7. The topological polar surface area (TPSA) is 68.8 Å². The van der Waals surface area contributed by atoms with Gasteiger partial charge in [0.15, 0.2) is 17.3 Å². The molecule has 36 heavy (non-hydrogen) atoms. The molecule has 2 N–H and O–H groups in total. The van der Waals surface area contributed by atoms with Crippen molar-refractivity contribution in [2.24, 2.45) is 0 Å². The summed E-state index contributed by atoms with van der Waals surface area (Å²) >= 11 is 0. The van der Waals surface area contributed by atoms with Crippen molar-refractivity contribution < 1.29 is 19.0 Å². The zero-order valence-corrected chi connectivity index (χ0v) is 21.1. The number of ether oxygens (including phenoxy) is 3. The van der Waals surface area contributed by atoms with E-state index in [4.69, 9.17) is 14.2 Å². The zero-order chi connectivity index (χ0) is 25.2. The van der Waals surface area contributed by atoms with Gasteiger partial charge in [-0.05, 0) is 73.7 Å². The van der Waals surface area contributed by atoms with Crippen molar-refractivity contribution in [3.05, 3.63) is 89.1 Å². The Balaban J connectivity index is 1.55. The molecule has 1 heterocycles. The Hall–Kier alpha value is -3.93. The summed E-state index contributed by atoms with van der Waals surface area (Å²) in [4.78, 5) is 13.8. The lowest BCUT2D eigenvalue weighted by molar-refractivity contribution is -0.116. The lowest BCUT2D eigenvalue weighted by Crippen LogP contribution is -2.27. The van der Waals surface area contributed by atoms with Gasteiger partial charge in [0.2, 0.25) is 0 Å². The van der Waals surface area contributed by atoms with E-state index in [0.29, 0.717) is 24.3 Å². The van der Waals surface area contributed by atoms with E-state index < -0.39 is 0 Å². The van der Waals surface area contributed by atoms with Gasteiger partial charge in [0.05, 0.1) is 37.7 Å². The first-order valence-electron chi connectivity index (χ1n) is 12.3. The molecule has 2 unspecified atom stereocenters. The number of anilines is 2. The second-order valence-corrected chi connectivity index (χ2v) is 9.52. The molecule has 2 atom stereocenters. The van der Waals surface area contributed by atoms with Crippen molar-refractivity contribution in [1.29, 1.82) is 0 Å². The summed E-state index contributed by atoms with van der Waals surface area (Å²) in [6.45, 7) is 3.98. The highest BCUT2D eigenvalue weighted by Gasteiger charge is 2.36. The highest BCUT2D eigenvalue weighted by molar-refractivity contribution is 6.01. The normalized spacial score (nSPS) is 19.0. The predicted octanol–water partition coefficient (Wildman–Crippen LogP) is 6.47. The quantitative estimate of drug-likeness (QED) is 0.418. The maximum atomic E-state index is 13.8. The average molecular weight is 485 g/mol. The maximum Gasteiger partial charge on any atom is 0.163 e. The molecule has 0 saturated carbocycles. The van der Waals surface area contributed by atoms with Crippen LogP contribution in [0.4, 0.5) is 11.4 Å². The van der Waals surface area contributed by atoms with E-state index in [-0.39, 0.29) is 23.8 Å². The van der Waals surface area contributed by atoms with E-state index in [9.17, 15) is 4.79 Å². The van der Waals surface area contributed by atoms with E-state index in [2.05, 4.69) is 10.6 Å². The summed E-state index contributed by atoms with van der Waals surface area (Å²) in [5, 5.41) is 7.22. The number of allylic oxidation sites excluding steroid dienone is 1. The van der Waals surface area contributed by atoms with Crippen LogP contribution in [0.3, 0.4) is 0 Å². The van der Waals surface area contributed by atoms with Gasteiger partial charge in [-0.15, -0.1) is 0 Å². The Kier molecular flexibility index (Phi) is 6.59. The third kappa shape index (κ3) is 4.63. The predicted molar refractivity (Wildman–Crippen MR) is 142 cm³/mol. The minimum Gasteiger partial charge on any atom is -0.497 e. The van der Waals surface area contributed by atoms with Crippen LogP contribution in [0.15, 0.2) is 78.0 Å². The molecule has 0 aromatic heterocycles. The number of hydrogen-bond acceptors (Lipinski definition) is 6. The van der Waals surface area contributed by atoms with Crippen LogP contribution in [0.2, 0.25) is 0 Å². The molecule has 3 aromatic rings. The van der Waals surface area contributed by atoms with E-state index in [0.717, 1.165) is 39.5 Å². The van der Waals surface area contributed by atoms with Crippen molar-refractivity contribution in [3.8, 4) is 17.2 Å². The standard InChI is InChI=1S/C30H32N2O4/c1-18(2)36-27-13-12-19(17-28(27)35-4)21-15-25-29(26(33)16-21)30(20-8-7-9-22(14-20)34-3)32-24-11-6-5-10-23(24)31-25/h5-14,17-18,21,30-32H,15-16H2,1-4H3. The molecule has 5 rings (SSSR count). The number of nitrogens with one attached hydrogen (secondary N) is 2. The number of hydrogen-bond donors (Lipinski definition) is 2. The molecule has 0 fully saturated rings. The number of rotatable bonds is 6. The fraction of sp³-hybridized carbons (Fsp3) is 0.300. The number of para-hydroxylation sites is 2. The number of fused-ring (bicyclic) bond motifs is 1.